The first-order chi connectivity index (χ1) is 14.2. The zero-order valence-electron chi connectivity index (χ0n) is 16.6. The van der Waals surface area contributed by atoms with Crippen LogP contribution in [0, 0.1) is 0 Å². The van der Waals surface area contributed by atoms with E-state index in [4.69, 9.17) is 9.72 Å². The maximum Gasteiger partial charge on any atom is 0.214 e. The summed E-state index contributed by atoms with van der Waals surface area (Å²) in [5.74, 6) is 1.46. The summed E-state index contributed by atoms with van der Waals surface area (Å²) in [5, 5.41) is 0. The first-order valence-electron chi connectivity index (χ1n) is 9.65. The molecular formula is C25H23N3O. The molecule has 144 valence electrons. The van der Waals surface area contributed by atoms with Crippen molar-refractivity contribution < 1.29 is 4.74 Å². The third kappa shape index (κ3) is 4.43. The van der Waals surface area contributed by atoms with Gasteiger partial charge in [-0.05, 0) is 37.3 Å². The molecule has 29 heavy (non-hydrogen) atoms. The molecule has 0 bridgehead atoms. The Morgan fingerprint density at radius 2 is 1.41 bits per heavy atom. The van der Waals surface area contributed by atoms with Gasteiger partial charge >= 0.3 is 0 Å². The summed E-state index contributed by atoms with van der Waals surface area (Å²) in [7, 11) is 2.01. The smallest absolute Gasteiger partial charge is 0.214 e. The average Bonchev–Trinajstić information content (AvgIpc) is 2.80. The first-order valence-corrected chi connectivity index (χ1v) is 9.65. The largest absolute Gasteiger partial charge is 0.468 e. The Morgan fingerprint density at radius 3 is 2.17 bits per heavy atom. The third-order valence-electron chi connectivity index (χ3n) is 4.75. The summed E-state index contributed by atoms with van der Waals surface area (Å²) >= 11 is 0. The minimum atomic E-state index is -0.224. The maximum absolute atomic E-state index is 6.11. The Balaban J connectivity index is 1.53. The minimum absolute atomic E-state index is 0.224. The van der Waals surface area contributed by atoms with Crippen molar-refractivity contribution in [1.29, 1.82) is 0 Å². The van der Waals surface area contributed by atoms with Crippen LogP contribution in [0.5, 0.6) is 5.88 Å². The van der Waals surface area contributed by atoms with E-state index < -0.39 is 0 Å². The van der Waals surface area contributed by atoms with Gasteiger partial charge in [0.05, 0.1) is 11.4 Å². The fourth-order valence-corrected chi connectivity index (χ4v) is 3.13. The van der Waals surface area contributed by atoms with Gasteiger partial charge in [-0.1, -0.05) is 60.7 Å². The fourth-order valence-electron chi connectivity index (χ4n) is 3.13. The van der Waals surface area contributed by atoms with Gasteiger partial charge in [-0.2, -0.15) is 0 Å². The molecular weight excluding hydrogens is 358 g/mol. The molecule has 0 spiro atoms. The fraction of sp³-hybridized carbons (Fsp3) is 0.120. The summed E-state index contributed by atoms with van der Waals surface area (Å²) in [6.45, 7) is 1.99. The van der Waals surface area contributed by atoms with Gasteiger partial charge in [0, 0.05) is 24.4 Å². The van der Waals surface area contributed by atoms with Crippen molar-refractivity contribution in [2.75, 3.05) is 11.9 Å². The molecule has 0 radical (unpaired) electrons. The van der Waals surface area contributed by atoms with Crippen LogP contribution in [-0.2, 0) is 0 Å². The molecule has 2 aromatic carbocycles. The lowest BCUT2D eigenvalue weighted by Crippen LogP contribution is -2.13. The molecule has 4 rings (SSSR count). The quantitative estimate of drug-likeness (QED) is 0.407. The van der Waals surface area contributed by atoms with Crippen molar-refractivity contribution in [1.82, 2.24) is 9.97 Å². The lowest BCUT2D eigenvalue weighted by Gasteiger charge is -2.20. The first kappa shape index (κ1) is 18.7. The van der Waals surface area contributed by atoms with Gasteiger partial charge in [0.1, 0.15) is 11.9 Å². The summed E-state index contributed by atoms with van der Waals surface area (Å²) < 4.78 is 6.11. The molecule has 1 unspecified atom stereocenters. The number of rotatable bonds is 6. The van der Waals surface area contributed by atoms with Crippen LogP contribution < -0.4 is 9.64 Å². The normalized spacial score (nSPS) is 11.7. The summed E-state index contributed by atoms with van der Waals surface area (Å²) in [4.78, 5) is 11.5. The van der Waals surface area contributed by atoms with Crippen molar-refractivity contribution >= 4 is 11.5 Å². The van der Waals surface area contributed by atoms with Gasteiger partial charge < -0.3 is 9.64 Å². The third-order valence-corrected chi connectivity index (χ3v) is 4.75. The van der Waals surface area contributed by atoms with Crippen LogP contribution in [0.15, 0.2) is 97.1 Å². The highest BCUT2D eigenvalue weighted by atomic mass is 16.5. The summed E-state index contributed by atoms with van der Waals surface area (Å²) in [6, 6.07) is 32.1. The second-order valence-corrected chi connectivity index (χ2v) is 6.80. The van der Waals surface area contributed by atoms with E-state index in [1.165, 1.54) is 0 Å². The van der Waals surface area contributed by atoms with E-state index >= 15 is 0 Å². The van der Waals surface area contributed by atoms with Crippen LogP contribution in [0.25, 0.3) is 11.3 Å². The predicted molar refractivity (Wildman–Crippen MR) is 117 cm³/mol. The van der Waals surface area contributed by atoms with Crippen molar-refractivity contribution in [3.8, 4) is 17.1 Å². The lowest BCUT2D eigenvalue weighted by atomic mass is 10.1. The van der Waals surface area contributed by atoms with E-state index in [0.29, 0.717) is 5.88 Å². The van der Waals surface area contributed by atoms with E-state index in [9.17, 15) is 0 Å². The number of ether oxygens (including phenoxy) is 1. The maximum atomic E-state index is 6.11. The number of nitrogens with zero attached hydrogens (tertiary/aromatic N) is 3. The molecule has 0 aliphatic carbocycles. The van der Waals surface area contributed by atoms with Crippen LogP contribution in [0.1, 0.15) is 18.7 Å². The van der Waals surface area contributed by atoms with Gasteiger partial charge in [-0.3, -0.25) is 0 Å². The molecule has 0 saturated heterocycles. The molecule has 0 saturated carbocycles. The predicted octanol–water partition coefficient (Wildman–Crippen LogP) is 6.05. The zero-order valence-corrected chi connectivity index (χ0v) is 16.6. The average molecular weight is 381 g/mol. The van der Waals surface area contributed by atoms with Crippen LogP contribution >= 0.6 is 0 Å². The molecule has 2 heterocycles. The van der Waals surface area contributed by atoms with Crippen LogP contribution in [0.4, 0.5) is 11.5 Å². The van der Waals surface area contributed by atoms with E-state index in [1.807, 2.05) is 98.9 Å². The van der Waals surface area contributed by atoms with Crippen molar-refractivity contribution in [3.63, 3.8) is 0 Å². The van der Waals surface area contributed by atoms with Gasteiger partial charge in [-0.15, -0.1) is 0 Å². The van der Waals surface area contributed by atoms with Gasteiger partial charge in [0.15, 0.2) is 0 Å². The number of anilines is 2. The minimum Gasteiger partial charge on any atom is -0.468 e. The Bertz CT molecular complexity index is 1070. The number of benzene rings is 2. The second-order valence-electron chi connectivity index (χ2n) is 6.80. The molecule has 0 aliphatic rings. The van der Waals surface area contributed by atoms with Crippen LogP contribution in [-0.4, -0.2) is 17.0 Å². The van der Waals surface area contributed by atoms with E-state index in [-0.39, 0.29) is 6.10 Å². The van der Waals surface area contributed by atoms with Crippen molar-refractivity contribution in [2.24, 2.45) is 0 Å². The van der Waals surface area contributed by atoms with E-state index in [1.54, 1.807) is 0 Å². The molecule has 0 N–H and O–H groups in total. The molecule has 4 heteroatoms. The lowest BCUT2D eigenvalue weighted by molar-refractivity contribution is 0.213. The van der Waals surface area contributed by atoms with Crippen LogP contribution in [0.3, 0.4) is 0 Å². The SMILES string of the molecule is CC(Oc1cccc(-c2ccccc2)n1)c1cccc(N(C)c2ccccc2)n1. The standard InChI is InChI=1S/C25H23N3O/c1-19(29-25-18-10-16-23(27-25)20-11-5-3-6-12-20)22-15-9-17-24(26-22)28(2)21-13-7-4-8-14-21/h3-19H,1-2H3. The van der Waals surface area contributed by atoms with E-state index in [2.05, 4.69) is 22.0 Å². The topological polar surface area (TPSA) is 38.2 Å². The molecule has 4 nitrogen and oxygen atoms in total. The van der Waals surface area contributed by atoms with Gasteiger partial charge in [0.2, 0.25) is 5.88 Å². The molecule has 0 fully saturated rings. The van der Waals surface area contributed by atoms with Crippen LogP contribution in [0.2, 0.25) is 0 Å². The molecule has 0 aliphatic heterocycles. The summed E-state index contributed by atoms with van der Waals surface area (Å²) in [6.07, 6.45) is -0.224. The zero-order chi connectivity index (χ0) is 20.1. The van der Waals surface area contributed by atoms with Gasteiger partial charge in [0.25, 0.3) is 0 Å². The number of pyridine rings is 2. The summed E-state index contributed by atoms with van der Waals surface area (Å²) in [5.41, 5.74) is 3.90. The molecule has 0 amide bonds. The number of hydrogen-bond donors (Lipinski definition) is 0. The Kier molecular flexibility index (Phi) is 5.52. The van der Waals surface area contributed by atoms with E-state index in [0.717, 1.165) is 28.5 Å². The van der Waals surface area contributed by atoms with Crippen molar-refractivity contribution in [2.45, 2.75) is 13.0 Å². The Hall–Kier alpha value is -3.66. The molecule has 4 aromatic rings. The van der Waals surface area contributed by atoms with Gasteiger partial charge in [-0.25, -0.2) is 9.97 Å². The Labute approximate surface area is 171 Å². The Morgan fingerprint density at radius 1 is 0.724 bits per heavy atom. The highest BCUT2D eigenvalue weighted by Gasteiger charge is 2.13. The monoisotopic (exact) mass is 381 g/mol. The molecule has 1 atom stereocenters. The number of aromatic nitrogens is 2. The number of para-hydroxylation sites is 1. The second kappa shape index (κ2) is 8.57. The highest BCUT2D eigenvalue weighted by Crippen LogP contribution is 2.26. The number of hydrogen-bond acceptors (Lipinski definition) is 4. The highest BCUT2D eigenvalue weighted by molar-refractivity contribution is 5.60. The van der Waals surface area contributed by atoms with Crippen molar-refractivity contribution in [3.05, 3.63) is 103 Å². The molecule has 2 aromatic heterocycles.